The molecule has 3 aromatic rings. The van der Waals surface area contributed by atoms with E-state index in [0.717, 1.165) is 5.82 Å². The van der Waals surface area contributed by atoms with Gasteiger partial charge in [-0.25, -0.2) is 14.8 Å². The molecule has 0 saturated heterocycles. The third kappa shape index (κ3) is 2.65. The Kier molecular flexibility index (Phi) is 3.52. The topological polar surface area (TPSA) is 106 Å². The minimum absolute atomic E-state index is 0.195. The van der Waals surface area contributed by atoms with Crippen molar-refractivity contribution in [2.24, 2.45) is 0 Å². The Labute approximate surface area is 143 Å². The first kappa shape index (κ1) is 15.4. The van der Waals surface area contributed by atoms with Gasteiger partial charge in [0.1, 0.15) is 29.7 Å². The second-order valence-corrected chi connectivity index (χ2v) is 6.21. The smallest absolute Gasteiger partial charge is 0.335 e. The van der Waals surface area contributed by atoms with Crippen LogP contribution >= 0.6 is 0 Å². The standard InChI is InChI=1S/C17H17N5O3/c1-9(2)14-19-15(21-20-14)12-8-22-5-6-25-13-4-3-10(17(23)24)7-11(13)16(22)18-12/h3-4,7-9H,5-6H2,1-2H3,(H,23,24)(H,19,20,21). The van der Waals surface area contributed by atoms with Crippen LogP contribution in [0.4, 0.5) is 0 Å². The molecule has 0 radical (unpaired) electrons. The van der Waals surface area contributed by atoms with Crippen LogP contribution < -0.4 is 4.74 Å². The maximum Gasteiger partial charge on any atom is 0.335 e. The summed E-state index contributed by atoms with van der Waals surface area (Å²) >= 11 is 0. The Bertz CT molecular complexity index is 957. The highest BCUT2D eigenvalue weighted by molar-refractivity contribution is 5.90. The van der Waals surface area contributed by atoms with E-state index in [-0.39, 0.29) is 11.5 Å². The number of aromatic carboxylic acids is 1. The fraction of sp³-hybridized carbons (Fsp3) is 0.294. The Balaban J connectivity index is 1.82. The highest BCUT2D eigenvalue weighted by atomic mass is 16.5. The average molecular weight is 339 g/mol. The Morgan fingerprint density at radius 1 is 1.36 bits per heavy atom. The number of benzene rings is 1. The molecular weight excluding hydrogens is 322 g/mol. The van der Waals surface area contributed by atoms with Gasteiger partial charge in [0.2, 0.25) is 5.82 Å². The summed E-state index contributed by atoms with van der Waals surface area (Å²) in [5.41, 5.74) is 1.50. The van der Waals surface area contributed by atoms with Crippen molar-refractivity contribution in [3.8, 4) is 28.7 Å². The quantitative estimate of drug-likeness (QED) is 0.759. The molecule has 0 bridgehead atoms. The summed E-state index contributed by atoms with van der Waals surface area (Å²) in [5.74, 6) is 1.87. The molecule has 0 unspecified atom stereocenters. The van der Waals surface area contributed by atoms with Crippen LogP contribution in [0.3, 0.4) is 0 Å². The number of H-pyrrole nitrogens is 1. The van der Waals surface area contributed by atoms with Gasteiger partial charge in [-0.3, -0.25) is 5.10 Å². The van der Waals surface area contributed by atoms with Crippen LogP contribution in [-0.4, -0.2) is 42.4 Å². The first-order chi connectivity index (χ1) is 12.0. The number of ether oxygens (including phenoxy) is 1. The van der Waals surface area contributed by atoms with E-state index in [0.29, 0.717) is 41.8 Å². The van der Waals surface area contributed by atoms with E-state index in [2.05, 4.69) is 20.2 Å². The second-order valence-electron chi connectivity index (χ2n) is 6.21. The predicted octanol–water partition coefficient (Wildman–Crippen LogP) is 2.55. The van der Waals surface area contributed by atoms with Gasteiger partial charge < -0.3 is 14.4 Å². The van der Waals surface area contributed by atoms with Crippen molar-refractivity contribution in [3.63, 3.8) is 0 Å². The van der Waals surface area contributed by atoms with Crippen molar-refractivity contribution in [3.05, 3.63) is 35.8 Å². The van der Waals surface area contributed by atoms with E-state index < -0.39 is 5.97 Å². The number of carbonyl (C=O) groups is 1. The molecule has 3 heterocycles. The van der Waals surface area contributed by atoms with Crippen LogP contribution in [0.15, 0.2) is 24.4 Å². The lowest BCUT2D eigenvalue weighted by atomic mass is 10.1. The molecule has 0 amide bonds. The van der Waals surface area contributed by atoms with Crippen molar-refractivity contribution in [1.82, 2.24) is 24.7 Å². The number of nitrogens with one attached hydrogen (secondary N) is 1. The highest BCUT2D eigenvalue weighted by Crippen LogP contribution is 2.34. The minimum Gasteiger partial charge on any atom is -0.491 e. The summed E-state index contributed by atoms with van der Waals surface area (Å²) in [5, 5.41) is 16.4. The van der Waals surface area contributed by atoms with Crippen molar-refractivity contribution in [2.45, 2.75) is 26.3 Å². The van der Waals surface area contributed by atoms with E-state index in [1.54, 1.807) is 12.1 Å². The molecule has 0 saturated carbocycles. The first-order valence-corrected chi connectivity index (χ1v) is 8.03. The molecular formula is C17H17N5O3. The maximum absolute atomic E-state index is 11.3. The summed E-state index contributed by atoms with van der Waals surface area (Å²) in [4.78, 5) is 20.4. The number of rotatable bonds is 3. The fourth-order valence-corrected chi connectivity index (χ4v) is 2.77. The van der Waals surface area contributed by atoms with E-state index in [4.69, 9.17) is 4.74 Å². The number of carboxylic acids is 1. The van der Waals surface area contributed by atoms with Gasteiger partial charge in [0.15, 0.2) is 0 Å². The molecule has 0 aliphatic carbocycles. The molecule has 1 aromatic carbocycles. The van der Waals surface area contributed by atoms with Gasteiger partial charge in [0, 0.05) is 12.1 Å². The number of aromatic nitrogens is 5. The fourth-order valence-electron chi connectivity index (χ4n) is 2.77. The molecule has 8 nitrogen and oxygen atoms in total. The molecule has 0 atom stereocenters. The number of carboxylic acid groups (broad SMARTS) is 1. The predicted molar refractivity (Wildman–Crippen MR) is 89.6 cm³/mol. The minimum atomic E-state index is -0.985. The molecule has 4 rings (SSSR count). The largest absolute Gasteiger partial charge is 0.491 e. The Morgan fingerprint density at radius 3 is 2.92 bits per heavy atom. The number of fused-ring (bicyclic) bond motifs is 3. The van der Waals surface area contributed by atoms with Gasteiger partial charge in [0.25, 0.3) is 0 Å². The molecule has 1 aliphatic heterocycles. The average Bonchev–Trinajstić information content (AvgIpc) is 3.19. The summed E-state index contributed by atoms with van der Waals surface area (Å²) < 4.78 is 7.66. The highest BCUT2D eigenvalue weighted by Gasteiger charge is 2.22. The van der Waals surface area contributed by atoms with Crippen LogP contribution in [0.2, 0.25) is 0 Å². The zero-order valence-electron chi connectivity index (χ0n) is 13.9. The van der Waals surface area contributed by atoms with E-state index in [1.807, 2.05) is 24.6 Å². The van der Waals surface area contributed by atoms with Crippen molar-refractivity contribution in [2.75, 3.05) is 6.61 Å². The van der Waals surface area contributed by atoms with Crippen molar-refractivity contribution < 1.29 is 14.6 Å². The van der Waals surface area contributed by atoms with Gasteiger partial charge in [-0.15, -0.1) is 0 Å². The maximum atomic E-state index is 11.3. The van der Waals surface area contributed by atoms with Gasteiger partial charge in [0.05, 0.1) is 17.7 Å². The number of hydrogen-bond donors (Lipinski definition) is 2. The van der Waals surface area contributed by atoms with Gasteiger partial charge >= 0.3 is 5.97 Å². The molecule has 2 N–H and O–H groups in total. The van der Waals surface area contributed by atoms with Gasteiger partial charge in [-0.05, 0) is 18.2 Å². The van der Waals surface area contributed by atoms with Crippen LogP contribution in [-0.2, 0) is 6.54 Å². The summed E-state index contributed by atoms with van der Waals surface area (Å²) in [6.07, 6.45) is 1.87. The van der Waals surface area contributed by atoms with Crippen LogP contribution in [0.1, 0.15) is 35.9 Å². The van der Waals surface area contributed by atoms with E-state index in [1.165, 1.54) is 6.07 Å². The third-order valence-corrected chi connectivity index (χ3v) is 4.11. The zero-order valence-corrected chi connectivity index (χ0v) is 13.9. The Hall–Kier alpha value is -3.16. The molecule has 8 heteroatoms. The molecule has 2 aromatic heterocycles. The summed E-state index contributed by atoms with van der Waals surface area (Å²) in [7, 11) is 0. The number of hydrogen-bond acceptors (Lipinski definition) is 5. The van der Waals surface area contributed by atoms with E-state index >= 15 is 0 Å². The van der Waals surface area contributed by atoms with E-state index in [9.17, 15) is 9.90 Å². The van der Waals surface area contributed by atoms with Crippen molar-refractivity contribution >= 4 is 5.97 Å². The lowest BCUT2D eigenvalue weighted by Crippen LogP contribution is -2.04. The molecule has 0 spiro atoms. The third-order valence-electron chi connectivity index (χ3n) is 4.11. The lowest BCUT2D eigenvalue weighted by molar-refractivity contribution is 0.0697. The summed E-state index contributed by atoms with van der Waals surface area (Å²) in [6.45, 7) is 5.16. The zero-order chi connectivity index (χ0) is 17.6. The normalized spacial score (nSPS) is 13.1. The molecule has 1 aliphatic rings. The number of imidazole rings is 1. The number of nitrogens with zero attached hydrogens (tertiary/aromatic N) is 4. The SMILES string of the molecule is CC(C)c1nc(-c2cn3c(n2)-c2cc(C(=O)O)ccc2OCC3)n[nH]1. The van der Waals surface area contributed by atoms with Gasteiger partial charge in [-0.1, -0.05) is 13.8 Å². The number of aromatic amines is 1. The van der Waals surface area contributed by atoms with Crippen LogP contribution in [0.25, 0.3) is 22.9 Å². The van der Waals surface area contributed by atoms with Crippen molar-refractivity contribution in [1.29, 1.82) is 0 Å². The Morgan fingerprint density at radius 2 is 2.20 bits per heavy atom. The molecule has 25 heavy (non-hydrogen) atoms. The lowest BCUT2D eigenvalue weighted by Gasteiger charge is -2.06. The monoisotopic (exact) mass is 339 g/mol. The van der Waals surface area contributed by atoms with Crippen LogP contribution in [0.5, 0.6) is 5.75 Å². The second kappa shape index (κ2) is 5.73. The summed E-state index contributed by atoms with van der Waals surface area (Å²) in [6, 6.07) is 4.79. The molecule has 128 valence electrons. The van der Waals surface area contributed by atoms with Crippen LogP contribution in [0, 0.1) is 0 Å². The van der Waals surface area contributed by atoms with Gasteiger partial charge in [-0.2, -0.15) is 5.10 Å². The molecule has 0 fully saturated rings. The first-order valence-electron chi connectivity index (χ1n) is 8.03.